The van der Waals surface area contributed by atoms with Crippen LogP contribution < -0.4 is 15.7 Å². The van der Waals surface area contributed by atoms with E-state index < -0.39 is 20.2 Å². The van der Waals surface area contributed by atoms with E-state index >= 15 is 0 Å². The van der Waals surface area contributed by atoms with E-state index in [0.29, 0.717) is 18.7 Å². The van der Waals surface area contributed by atoms with E-state index in [2.05, 4.69) is 56.9 Å². The van der Waals surface area contributed by atoms with Crippen molar-refractivity contribution in [2.75, 3.05) is 13.2 Å². The van der Waals surface area contributed by atoms with Gasteiger partial charge in [0.15, 0.2) is 5.78 Å². The first-order valence-corrected chi connectivity index (χ1v) is 14.4. The average Bonchev–Trinajstić information content (AvgIpc) is 3.34. The van der Waals surface area contributed by atoms with Crippen molar-refractivity contribution in [3.8, 4) is 0 Å². The van der Waals surface area contributed by atoms with Crippen molar-refractivity contribution in [2.24, 2.45) is 0 Å². The Bertz CT molecular complexity index is 1330. The van der Waals surface area contributed by atoms with Gasteiger partial charge in [-0.25, -0.2) is 4.79 Å². The van der Waals surface area contributed by atoms with Crippen LogP contribution in [0.5, 0.6) is 0 Å². The molecule has 0 atom stereocenters. The van der Waals surface area contributed by atoms with E-state index in [4.69, 9.17) is 9.16 Å². The predicted octanol–water partition coefficient (Wildman–Crippen LogP) is 4.24. The monoisotopic (exact) mass is 528 g/mol. The summed E-state index contributed by atoms with van der Waals surface area (Å²) in [7, 11) is -2.71. The van der Waals surface area contributed by atoms with Gasteiger partial charge in [0.05, 0.1) is 23.4 Å². The Hall–Kier alpha value is -4.01. The van der Waals surface area contributed by atoms with Crippen LogP contribution in [0.25, 0.3) is 0 Å². The van der Waals surface area contributed by atoms with Gasteiger partial charge in [0.2, 0.25) is 5.78 Å². The van der Waals surface area contributed by atoms with Gasteiger partial charge in [-0.3, -0.25) is 14.9 Å². The van der Waals surface area contributed by atoms with Crippen LogP contribution >= 0.6 is 0 Å². The number of allylic oxidation sites excluding steroid dienone is 2. The molecule has 0 fully saturated rings. The quantitative estimate of drug-likeness (QED) is 0.332. The second-order valence-electron chi connectivity index (χ2n) is 10.1. The summed E-state index contributed by atoms with van der Waals surface area (Å²) in [5.74, 6) is -0.799. The molecule has 1 aliphatic carbocycles. The highest BCUT2D eigenvalue weighted by Gasteiger charge is 2.50. The molecule has 1 aromatic heterocycles. The molecule has 3 aromatic rings. The Labute approximate surface area is 223 Å². The van der Waals surface area contributed by atoms with Crippen LogP contribution in [0.15, 0.2) is 97.5 Å². The van der Waals surface area contributed by atoms with Gasteiger partial charge in [0.1, 0.15) is 6.61 Å². The number of fused-ring (bicyclic) bond motifs is 1. The Balaban J connectivity index is 1.56. The van der Waals surface area contributed by atoms with E-state index in [1.165, 1.54) is 16.4 Å². The van der Waals surface area contributed by atoms with Crippen molar-refractivity contribution >= 4 is 36.4 Å². The fourth-order valence-electron chi connectivity index (χ4n) is 4.87. The summed E-state index contributed by atoms with van der Waals surface area (Å²) >= 11 is 0. The lowest BCUT2D eigenvalue weighted by Crippen LogP contribution is -2.66. The summed E-state index contributed by atoms with van der Waals surface area (Å²) in [5.41, 5.74) is 0.422. The molecule has 1 N–H and O–H groups in total. The van der Waals surface area contributed by atoms with Gasteiger partial charge in [0.25, 0.3) is 8.32 Å². The number of ketones is 2. The lowest BCUT2D eigenvalue weighted by atomic mass is 9.97. The minimum absolute atomic E-state index is 0.00574. The number of Topliss-reactive ketones (excluding diaryl/α,β-unsaturated/α-hetero) is 1. The van der Waals surface area contributed by atoms with E-state index in [9.17, 15) is 14.4 Å². The van der Waals surface area contributed by atoms with Gasteiger partial charge >= 0.3 is 6.09 Å². The van der Waals surface area contributed by atoms with E-state index in [1.807, 2.05) is 36.4 Å². The second-order valence-corrected chi connectivity index (χ2v) is 14.4. The van der Waals surface area contributed by atoms with E-state index in [-0.39, 0.29) is 28.7 Å². The van der Waals surface area contributed by atoms with Crippen molar-refractivity contribution in [1.29, 1.82) is 0 Å². The zero-order valence-corrected chi connectivity index (χ0v) is 22.9. The maximum Gasteiger partial charge on any atom is 0.412 e. The SMILES string of the molecule is C=CCOC(=O)NC1=CC(=O)c2cn(CCO[Si](c3ccccc3)(c3ccccc3)C(C)(C)C)cc2C1=O. The standard InChI is InChI=1S/C30H32N2O5Si/c1-5-17-36-29(35)31-26-19-27(33)24-20-32(21-25(24)28(26)34)16-18-37-38(30(2,3)4,22-12-8-6-9-13-22)23-14-10-7-11-15-23/h5-15,19-21H,1,16-18H2,2-4H3,(H,31,35). The second kappa shape index (κ2) is 11.2. The van der Waals surface area contributed by atoms with Gasteiger partial charge in [-0.1, -0.05) is 94.1 Å². The van der Waals surface area contributed by atoms with Crippen LogP contribution in [0.2, 0.25) is 5.04 Å². The van der Waals surface area contributed by atoms with Crippen molar-refractivity contribution in [3.63, 3.8) is 0 Å². The molecule has 0 saturated heterocycles. The van der Waals surface area contributed by atoms with Crippen molar-refractivity contribution in [3.05, 3.63) is 109 Å². The molecular formula is C30H32N2O5Si. The van der Waals surface area contributed by atoms with Crippen LogP contribution in [-0.2, 0) is 15.7 Å². The maximum absolute atomic E-state index is 13.0. The molecule has 0 spiro atoms. The largest absolute Gasteiger partial charge is 0.445 e. The minimum Gasteiger partial charge on any atom is -0.445 e. The number of aromatic nitrogens is 1. The molecule has 2 aromatic carbocycles. The highest BCUT2D eigenvalue weighted by Crippen LogP contribution is 2.36. The summed E-state index contributed by atoms with van der Waals surface area (Å²) in [4.78, 5) is 37.6. The van der Waals surface area contributed by atoms with Gasteiger partial charge in [0, 0.05) is 25.0 Å². The number of alkyl carbamates (subject to hydrolysis) is 1. The smallest absolute Gasteiger partial charge is 0.412 e. The van der Waals surface area contributed by atoms with Crippen molar-refractivity contribution < 1.29 is 23.5 Å². The van der Waals surface area contributed by atoms with Crippen LogP contribution in [0.4, 0.5) is 4.79 Å². The molecule has 0 aliphatic heterocycles. The Kier molecular flexibility index (Phi) is 7.94. The normalized spacial score (nSPS) is 13.5. The molecule has 0 bridgehead atoms. The summed E-state index contributed by atoms with van der Waals surface area (Å²) < 4.78 is 13.6. The third-order valence-corrected chi connectivity index (χ3v) is 11.6. The highest BCUT2D eigenvalue weighted by molar-refractivity contribution is 6.99. The molecule has 196 valence electrons. The molecule has 38 heavy (non-hydrogen) atoms. The van der Waals surface area contributed by atoms with E-state index in [0.717, 1.165) is 6.08 Å². The number of nitrogens with zero attached hydrogens (tertiary/aromatic N) is 1. The van der Waals surface area contributed by atoms with Gasteiger partial charge in [-0.15, -0.1) is 0 Å². The number of ether oxygens (including phenoxy) is 1. The Morgan fingerprint density at radius 1 is 0.974 bits per heavy atom. The number of hydrogen-bond donors (Lipinski definition) is 1. The molecule has 1 aliphatic rings. The molecule has 8 heteroatoms. The third-order valence-electron chi connectivity index (χ3n) is 6.56. The summed E-state index contributed by atoms with van der Waals surface area (Å²) in [6, 6.07) is 20.7. The number of rotatable bonds is 9. The fraction of sp³-hybridized carbons (Fsp3) is 0.233. The highest BCUT2D eigenvalue weighted by atomic mass is 28.4. The molecule has 0 saturated carbocycles. The first kappa shape index (κ1) is 27.0. The van der Waals surface area contributed by atoms with Crippen LogP contribution in [0, 0.1) is 0 Å². The first-order valence-electron chi connectivity index (χ1n) is 12.5. The average molecular weight is 529 g/mol. The zero-order valence-electron chi connectivity index (χ0n) is 21.9. The number of nitrogens with one attached hydrogen (secondary N) is 1. The summed E-state index contributed by atoms with van der Waals surface area (Å²) in [6.45, 7) is 10.9. The molecule has 1 heterocycles. The lowest BCUT2D eigenvalue weighted by Gasteiger charge is -2.43. The molecule has 0 radical (unpaired) electrons. The molecule has 7 nitrogen and oxygen atoms in total. The Morgan fingerprint density at radius 3 is 2.11 bits per heavy atom. The number of hydrogen-bond acceptors (Lipinski definition) is 5. The third kappa shape index (κ3) is 5.32. The van der Waals surface area contributed by atoms with E-state index in [1.54, 1.807) is 17.0 Å². The van der Waals surface area contributed by atoms with Crippen LogP contribution in [0.1, 0.15) is 41.5 Å². The zero-order chi connectivity index (χ0) is 27.3. The predicted molar refractivity (Wildman–Crippen MR) is 149 cm³/mol. The number of carbonyl (C=O) groups is 3. The number of carbonyl (C=O) groups excluding carboxylic acids is 3. The van der Waals surface area contributed by atoms with Gasteiger partial charge in [-0.05, 0) is 15.4 Å². The topological polar surface area (TPSA) is 86.6 Å². The van der Waals surface area contributed by atoms with Gasteiger partial charge in [-0.2, -0.15) is 0 Å². The molecule has 4 rings (SSSR count). The number of amides is 1. The maximum atomic E-state index is 13.0. The fourth-order valence-corrected chi connectivity index (χ4v) is 9.43. The Morgan fingerprint density at radius 2 is 1.55 bits per heavy atom. The first-order chi connectivity index (χ1) is 18.2. The van der Waals surface area contributed by atoms with Crippen molar-refractivity contribution in [2.45, 2.75) is 32.4 Å². The minimum atomic E-state index is -2.71. The molecule has 0 unspecified atom stereocenters. The summed E-state index contributed by atoms with van der Waals surface area (Å²) in [5, 5.41) is 4.55. The van der Waals surface area contributed by atoms with Gasteiger partial charge < -0.3 is 13.7 Å². The lowest BCUT2D eigenvalue weighted by molar-refractivity contribution is 0.0975. The van der Waals surface area contributed by atoms with Crippen LogP contribution in [-0.4, -0.2) is 43.8 Å². The summed E-state index contributed by atoms with van der Waals surface area (Å²) in [6.07, 6.45) is 5.01. The molecular weight excluding hydrogens is 496 g/mol. The van der Waals surface area contributed by atoms with Crippen molar-refractivity contribution in [1.82, 2.24) is 9.88 Å². The number of benzene rings is 2. The van der Waals surface area contributed by atoms with Crippen LogP contribution in [0.3, 0.4) is 0 Å². The molecule has 1 amide bonds.